The second-order valence-electron chi connectivity index (χ2n) is 5.06. The molecule has 23 heavy (non-hydrogen) atoms. The zero-order valence-electron chi connectivity index (χ0n) is 12.3. The van der Waals surface area contributed by atoms with E-state index in [4.69, 9.17) is 0 Å². The smallest absolute Gasteiger partial charge is 0.330 e. The summed E-state index contributed by atoms with van der Waals surface area (Å²) < 4.78 is 0. The second kappa shape index (κ2) is 7.39. The molecular weight excluding hydrogens is 302 g/mol. The lowest BCUT2D eigenvalue weighted by molar-refractivity contribution is -0.142. The summed E-state index contributed by atoms with van der Waals surface area (Å²) in [6.45, 7) is 0.0985. The predicted octanol–water partition coefficient (Wildman–Crippen LogP) is 0.261. The van der Waals surface area contributed by atoms with Crippen LogP contribution in [-0.2, 0) is 14.4 Å². The zero-order valence-corrected chi connectivity index (χ0v) is 12.3. The maximum atomic E-state index is 11.9. The number of aliphatic carboxylic acids is 1. The van der Waals surface area contributed by atoms with E-state index >= 15 is 0 Å². The zero-order chi connectivity index (χ0) is 16.8. The van der Waals surface area contributed by atoms with Crippen LogP contribution in [-0.4, -0.2) is 46.9 Å². The molecule has 8 nitrogen and oxygen atoms in total. The van der Waals surface area contributed by atoms with Crippen molar-refractivity contribution in [3.8, 4) is 0 Å². The Bertz CT molecular complexity index is 601. The van der Waals surface area contributed by atoms with Crippen LogP contribution >= 0.6 is 0 Å². The number of carbonyl (C=O) groups excluding carboxylic acids is 3. The Labute approximate surface area is 132 Å². The Morgan fingerprint density at radius 1 is 1.26 bits per heavy atom. The fourth-order valence-electron chi connectivity index (χ4n) is 2.25. The summed E-state index contributed by atoms with van der Waals surface area (Å²) in [6.07, 6.45) is 0.291. The third kappa shape index (κ3) is 4.29. The van der Waals surface area contributed by atoms with Crippen LogP contribution in [0.1, 0.15) is 24.4 Å². The Kier molecular flexibility index (Phi) is 5.29. The van der Waals surface area contributed by atoms with Crippen molar-refractivity contribution in [2.45, 2.75) is 18.9 Å². The van der Waals surface area contributed by atoms with Crippen LogP contribution in [0.4, 0.5) is 4.79 Å². The Morgan fingerprint density at radius 2 is 1.96 bits per heavy atom. The van der Waals surface area contributed by atoms with Gasteiger partial charge in [0.25, 0.3) is 0 Å². The first-order valence-electron chi connectivity index (χ1n) is 7.14. The van der Waals surface area contributed by atoms with Gasteiger partial charge in [-0.2, -0.15) is 0 Å². The van der Waals surface area contributed by atoms with Gasteiger partial charge in [-0.15, -0.1) is 0 Å². The molecule has 1 fully saturated rings. The molecule has 0 unspecified atom stereocenters. The highest BCUT2D eigenvalue weighted by Crippen LogP contribution is 2.13. The number of urea groups is 1. The Balaban J connectivity index is 1.84. The lowest BCUT2D eigenvalue weighted by atomic mass is 10.1. The molecule has 0 saturated carbocycles. The van der Waals surface area contributed by atoms with Gasteiger partial charge in [0.15, 0.2) is 6.04 Å². The molecule has 1 aliphatic rings. The van der Waals surface area contributed by atoms with Gasteiger partial charge in [0.1, 0.15) is 0 Å². The number of hydrogen-bond donors (Lipinski definition) is 3. The van der Waals surface area contributed by atoms with Crippen molar-refractivity contribution in [1.29, 1.82) is 0 Å². The fraction of sp³-hybridized carbons (Fsp3) is 0.333. The van der Waals surface area contributed by atoms with Crippen LogP contribution in [0.5, 0.6) is 0 Å². The molecule has 3 N–H and O–H groups in total. The molecular formula is C15H17N3O5. The maximum absolute atomic E-state index is 11.9. The first-order chi connectivity index (χ1) is 11.0. The maximum Gasteiger partial charge on any atom is 0.330 e. The summed E-state index contributed by atoms with van der Waals surface area (Å²) in [4.78, 5) is 46.9. The Morgan fingerprint density at radius 3 is 2.52 bits per heavy atom. The molecule has 0 radical (unpaired) electrons. The number of benzene rings is 1. The van der Waals surface area contributed by atoms with E-state index in [1.54, 1.807) is 30.3 Å². The molecule has 1 aliphatic heterocycles. The average molecular weight is 319 g/mol. The number of nitrogens with one attached hydrogen (secondary N) is 2. The van der Waals surface area contributed by atoms with Gasteiger partial charge in [-0.1, -0.05) is 30.3 Å². The molecule has 2 rings (SSSR count). The molecule has 1 saturated heterocycles. The monoisotopic (exact) mass is 319 g/mol. The second-order valence-corrected chi connectivity index (χ2v) is 5.06. The highest BCUT2D eigenvalue weighted by atomic mass is 16.4. The first kappa shape index (κ1) is 16.5. The quantitative estimate of drug-likeness (QED) is 0.623. The van der Waals surface area contributed by atoms with Gasteiger partial charge in [-0.25, -0.2) is 9.59 Å². The van der Waals surface area contributed by atoms with Crippen molar-refractivity contribution in [3.63, 3.8) is 0 Å². The summed E-state index contributed by atoms with van der Waals surface area (Å²) in [6, 6.07) is 6.77. The number of carbonyl (C=O) groups is 4. The van der Waals surface area contributed by atoms with Crippen molar-refractivity contribution >= 4 is 23.8 Å². The molecule has 0 aromatic heterocycles. The van der Waals surface area contributed by atoms with Crippen LogP contribution in [0.15, 0.2) is 30.3 Å². The van der Waals surface area contributed by atoms with E-state index < -0.39 is 23.9 Å². The number of amides is 4. The van der Waals surface area contributed by atoms with Crippen molar-refractivity contribution in [2.24, 2.45) is 0 Å². The van der Waals surface area contributed by atoms with Gasteiger partial charge in [0, 0.05) is 13.0 Å². The van der Waals surface area contributed by atoms with Crippen LogP contribution in [0.3, 0.4) is 0 Å². The van der Waals surface area contributed by atoms with Crippen molar-refractivity contribution in [1.82, 2.24) is 15.5 Å². The van der Waals surface area contributed by atoms with Crippen LogP contribution < -0.4 is 10.6 Å². The predicted molar refractivity (Wildman–Crippen MR) is 79.3 cm³/mol. The number of nitrogens with zero attached hydrogens (tertiary/aromatic N) is 1. The van der Waals surface area contributed by atoms with Crippen LogP contribution in [0.25, 0.3) is 0 Å². The molecule has 8 heteroatoms. The summed E-state index contributed by atoms with van der Waals surface area (Å²) in [5.41, 5.74) is 0.474. The van der Waals surface area contributed by atoms with Gasteiger partial charge < -0.3 is 15.7 Å². The van der Waals surface area contributed by atoms with Gasteiger partial charge in [-0.05, 0) is 12.0 Å². The number of rotatable bonds is 7. The number of imide groups is 1. The molecule has 1 atom stereocenters. The van der Waals surface area contributed by atoms with Crippen LogP contribution in [0.2, 0.25) is 0 Å². The third-order valence-corrected chi connectivity index (χ3v) is 3.41. The van der Waals surface area contributed by atoms with E-state index in [0.29, 0.717) is 5.56 Å². The average Bonchev–Trinajstić information content (AvgIpc) is 2.85. The minimum absolute atomic E-state index is 0.0215. The summed E-state index contributed by atoms with van der Waals surface area (Å²) in [5.74, 6) is -1.94. The molecule has 122 valence electrons. The first-order valence-corrected chi connectivity index (χ1v) is 7.14. The Hall–Kier alpha value is -2.90. The van der Waals surface area contributed by atoms with Crippen LogP contribution in [0, 0.1) is 0 Å². The van der Waals surface area contributed by atoms with E-state index in [1.165, 1.54) is 0 Å². The molecule has 0 spiro atoms. The summed E-state index contributed by atoms with van der Waals surface area (Å²) in [5, 5.41) is 14.0. The normalized spacial score (nSPS) is 15.2. The van der Waals surface area contributed by atoms with E-state index in [-0.39, 0.29) is 31.8 Å². The minimum atomic E-state index is -1.15. The van der Waals surface area contributed by atoms with Gasteiger partial charge in [-0.3, -0.25) is 14.5 Å². The molecule has 0 bridgehead atoms. The number of hydrogen-bond acceptors (Lipinski definition) is 4. The standard InChI is InChI=1S/C15H17N3O5/c19-11(7-4-8-18-12(20)9-16-15(18)23)17-13(14(21)22)10-5-2-1-3-6-10/h1-3,5-6,13H,4,7-9H2,(H,16,23)(H,17,19)(H,21,22)/t13-/m0/s1. The van der Waals surface area contributed by atoms with Gasteiger partial charge >= 0.3 is 12.0 Å². The van der Waals surface area contributed by atoms with E-state index in [0.717, 1.165) is 4.90 Å². The number of carboxylic acids is 1. The molecule has 1 aromatic rings. The lowest BCUT2D eigenvalue weighted by Crippen LogP contribution is -2.35. The van der Waals surface area contributed by atoms with E-state index in [9.17, 15) is 24.3 Å². The number of carboxylic acid groups (broad SMARTS) is 1. The molecule has 0 aliphatic carbocycles. The molecule has 4 amide bonds. The van der Waals surface area contributed by atoms with Crippen molar-refractivity contribution in [2.75, 3.05) is 13.1 Å². The largest absolute Gasteiger partial charge is 0.479 e. The summed E-state index contributed by atoms with van der Waals surface area (Å²) in [7, 11) is 0. The SMILES string of the molecule is O=C(CCCN1C(=O)CNC1=O)N[C@H](C(=O)O)c1ccccc1. The highest BCUT2D eigenvalue weighted by Gasteiger charge is 2.28. The van der Waals surface area contributed by atoms with Crippen molar-refractivity contribution in [3.05, 3.63) is 35.9 Å². The molecule has 1 heterocycles. The third-order valence-electron chi connectivity index (χ3n) is 3.41. The fourth-order valence-corrected chi connectivity index (χ4v) is 2.25. The molecule has 1 aromatic carbocycles. The van der Waals surface area contributed by atoms with E-state index in [1.807, 2.05) is 0 Å². The van der Waals surface area contributed by atoms with Crippen molar-refractivity contribution < 1.29 is 24.3 Å². The minimum Gasteiger partial charge on any atom is -0.479 e. The highest BCUT2D eigenvalue weighted by molar-refractivity contribution is 6.01. The van der Waals surface area contributed by atoms with Gasteiger partial charge in [0.2, 0.25) is 11.8 Å². The lowest BCUT2D eigenvalue weighted by Gasteiger charge is -2.16. The van der Waals surface area contributed by atoms with E-state index in [2.05, 4.69) is 10.6 Å². The van der Waals surface area contributed by atoms with Gasteiger partial charge in [0.05, 0.1) is 6.54 Å². The summed E-state index contributed by atoms with van der Waals surface area (Å²) >= 11 is 0. The topological polar surface area (TPSA) is 116 Å².